The van der Waals surface area contributed by atoms with E-state index in [-0.39, 0.29) is 62.8 Å². The third-order valence-corrected chi connectivity index (χ3v) is 3.18. The summed E-state index contributed by atoms with van der Waals surface area (Å²) in [6, 6.07) is 3.76. The van der Waals surface area contributed by atoms with Crippen LogP contribution in [-0.2, 0) is 6.18 Å². The molecule has 0 radical (unpaired) electrons. The van der Waals surface area contributed by atoms with Crippen molar-refractivity contribution in [2.24, 2.45) is 0 Å². The number of pyridine rings is 1. The molecular weight excluding hydrogens is 392 g/mol. The van der Waals surface area contributed by atoms with Gasteiger partial charge in [0.05, 0.1) is 18.4 Å². The number of rotatable bonds is 4. The number of ether oxygens (including phenoxy) is 1. The number of aromatic nitrogens is 1. The third-order valence-electron chi connectivity index (χ3n) is 3.18. The fourth-order valence-corrected chi connectivity index (χ4v) is 1.99. The Labute approximate surface area is 186 Å². The van der Waals surface area contributed by atoms with Gasteiger partial charge in [-0.25, -0.2) is 4.98 Å². The fraction of sp³-hybridized carbons (Fsp3) is 0.143. The summed E-state index contributed by atoms with van der Waals surface area (Å²) in [4.78, 5) is 15.6. The predicted octanol–water partition coefficient (Wildman–Crippen LogP) is 0.420. The molecule has 0 bridgehead atoms. The van der Waals surface area contributed by atoms with E-state index >= 15 is 0 Å². The molecular formula is C14H10BF6KN2O2. The van der Waals surface area contributed by atoms with Crippen molar-refractivity contribution in [3.05, 3.63) is 47.7 Å². The number of amides is 1. The van der Waals surface area contributed by atoms with Gasteiger partial charge in [-0.05, 0) is 18.2 Å². The number of carbonyl (C=O) groups excluding carboxylic acids is 1. The quantitative estimate of drug-likeness (QED) is 0.596. The molecule has 0 unspecified atom stereocenters. The van der Waals surface area contributed by atoms with Crippen molar-refractivity contribution in [2.45, 2.75) is 6.18 Å². The zero-order valence-corrected chi connectivity index (χ0v) is 16.7. The average molecular weight is 402 g/mol. The van der Waals surface area contributed by atoms with E-state index in [4.69, 9.17) is 0 Å². The van der Waals surface area contributed by atoms with Crippen molar-refractivity contribution in [1.29, 1.82) is 0 Å². The molecule has 0 saturated heterocycles. The number of carbonyl (C=O) groups is 1. The van der Waals surface area contributed by atoms with E-state index in [1.54, 1.807) is 0 Å². The predicted molar refractivity (Wildman–Crippen MR) is 78.9 cm³/mol. The number of halogens is 6. The first-order valence-electron chi connectivity index (χ1n) is 6.75. The zero-order valence-electron chi connectivity index (χ0n) is 13.6. The standard InChI is InChI=1S/C14H10BF6N2O2.K/c1-25-11-6-8(2-3-10(11)15(19,20)21)13(24)23-12-7-9(4-5-22-12)14(16,17)18;/h2-7H,1H3,(H,22,23,24);/q-1;+1. The van der Waals surface area contributed by atoms with Crippen LogP contribution in [-0.4, -0.2) is 25.0 Å². The summed E-state index contributed by atoms with van der Waals surface area (Å²) >= 11 is 0. The van der Waals surface area contributed by atoms with E-state index < -0.39 is 35.8 Å². The molecule has 0 aliphatic heterocycles. The molecule has 1 amide bonds. The summed E-state index contributed by atoms with van der Waals surface area (Å²) in [5.41, 5.74) is -2.26. The van der Waals surface area contributed by atoms with Gasteiger partial charge in [-0.1, -0.05) is 17.6 Å². The van der Waals surface area contributed by atoms with Crippen LogP contribution in [0.5, 0.6) is 5.75 Å². The van der Waals surface area contributed by atoms with Crippen LogP contribution in [0.25, 0.3) is 0 Å². The molecule has 0 aliphatic carbocycles. The van der Waals surface area contributed by atoms with E-state index in [9.17, 15) is 30.9 Å². The van der Waals surface area contributed by atoms with Gasteiger partial charge in [0.1, 0.15) is 5.82 Å². The Bertz CT molecular complexity index is 798. The molecule has 0 saturated carbocycles. The van der Waals surface area contributed by atoms with Crippen LogP contribution in [0.15, 0.2) is 36.5 Å². The van der Waals surface area contributed by atoms with Crippen LogP contribution < -0.4 is 66.9 Å². The van der Waals surface area contributed by atoms with E-state index in [0.717, 1.165) is 31.5 Å². The Morgan fingerprint density at radius 2 is 1.81 bits per heavy atom. The molecule has 1 aromatic heterocycles. The minimum Gasteiger partial charge on any atom is -0.500 e. The van der Waals surface area contributed by atoms with Gasteiger partial charge in [0.2, 0.25) is 0 Å². The Balaban J connectivity index is 0.00000338. The molecule has 1 aromatic carbocycles. The topological polar surface area (TPSA) is 51.2 Å². The van der Waals surface area contributed by atoms with E-state index in [2.05, 4.69) is 15.0 Å². The van der Waals surface area contributed by atoms with Gasteiger partial charge in [0.15, 0.2) is 0 Å². The molecule has 1 N–H and O–H groups in total. The van der Waals surface area contributed by atoms with E-state index in [0.29, 0.717) is 12.1 Å². The third kappa shape index (κ3) is 5.71. The normalized spacial score (nSPS) is 11.5. The number of anilines is 1. The van der Waals surface area contributed by atoms with Gasteiger partial charge in [-0.2, -0.15) is 13.2 Å². The molecule has 4 nitrogen and oxygen atoms in total. The first kappa shape index (κ1) is 23.0. The summed E-state index contributed by atoms with van der Waals surface area (Å²) in [6.45, 7) is -5.34. The summed E-state index contributed by atoms with van der Waals surface area (Å²) in [5.74, 6) is -1.87. The van der Waals surface area contributed by atoms with Gasteiger partial charge in [0.25, 0.3) is 5.91 Å². The van der Waals surface area contributed by atoms with Crippen molar-refractivity contribution in [3.63, 3.8) is 0 Å². The Morgan fingerprint density at radius 3 is 2.35 bits per heavy atom. The summed E-state index contributed by atoms with van der Waals surface area (Å²) in [5, 5.41) is 2.10. The maximum atomic E-state index is 12.8. The molecule has 0 fully saturated rings. The molecule has 0 atom stereocenters. The zero-order chi connectivity index (χ0) is 18.8. The first-order valence-corrected chi connectivity index (χ1v) is 6.75. The van der Waals surface area contributed by atoms with Crippen LogP contribution in [0.3, 0.4) is 0 Å². The first-order chi connectivity index (χ1) is 11.5. The van der Waals surface area contributed by atoms with Crippen molar-refractivity contribution in [2.75, 3.05) is 12.4 Å². The number of nitrogens with one attached hydrogen (secondary N) is 1. The molecule has 2 rings (SSSR count). The second-order valence-electron chi connectivity index (χ2n) is 4.91. The van der Waals surface area contributed by atoms with Crippen molar-refractivity contribution >= 4 is 24.2 Å². The number of alkyl halides is 3. The summed E-state index contributed by atoms with van der Waals surface area (Å²) in [7, 11) is 1.01. The maximum absolute atomic E-state index is 12.8. The van der Waals surface area contributed by atoms with Crippen molar-refractivity contribution in [1.82, 2.24) is 4.98 Å². The van der Waals surface area contributed by atoms with Gasteiger partial charge in [-0.15, -0.1) is 0 Å². The molecule has 0 spiro atoms. The molecule has 26 heavy (non-hydrogen) atoms. The minimum absolute atomic E-state index is 0. The second-order valence-corrected chi connectivity index (χ2v) is 4.91. The van der Waals surface area contributed by atoms with E-state index in [1.807, 2.05) is 0 Å². The molecule has 2 aromatic rings. The van der Waals surface area contributed by atoms with Gasteiger partial charge >= 0.3 is 64.5 Å². The van der Waals surface area contributed by atoms with Crippen LogP contribution in [0.4, 0.5) is 31.9 Å². The monoisotopic (exact) mass is 402 g/mol. The second kappa shape index (κ2) is 8.74. The van der Waals surface area contributed by atoms with Crippen molar-refractivity contribution in [3.8, 4) is 5.75 Å². The van der Waals surface area contributed by atoms with Crippen LogP contribution in [0, 0.1) is 0 Å². The van der Waals surface area contributed by atoms with Gasteiger partial charge in [0, 0.05) is 11.8 Å². The minimum atomic E-state index is -5.34. The Hall–Kier alpha value is -1.08. The number of hydrogen-bond donors (Lipinski definition) is 1. The van der Waals surface area contributed by atoms with Crippen LogP contribution in [0.1, 0.15) is 15.9 Å². The van der Waals surface area contributed by atoms with E-state index in [1.165, 1.54) is 0 Å². The van der Waals surface area contributed by atoms with Crippen molar-refractivity contribution < 1.29 is 87.0 Å². The SMILES string of the molecule is COc1cc(C(=O)Nc2cc(C(F)(F)F)ccn2)ccc1[B-](F)(F)F.[K+]. The summed E-state index contributed by atoms with van der Waals surface area (Å²) < 4.78 is 81.0. The number of nitrogens with zero attached hydrogens (tertiary/aromatic N) is 1. The number of hydrogen-bond acceptors (Lipinski definition) is 3. The Kier molecular flexibility index (Phi) is 7.72. The van der Waals surface area contributed by atoms with Gasteiger partial charge in [-0.3, -0.25) is 4.79 Å². The Morgan fingerprint density at radius 1 is 1.15 bits per heavy atom. The average Bonchev–Trinajstić information content (AvgIpc) is 2.52. The number of benzene rings is 1. The summed E-state index contributed by atoms with van der Waals surface area (Å²) in [6.07, 6.45) is -3.77. The molecule has 1 heterocycles. The number of methoxy groups -OCH3 is 1. The molecule has 0 aliphatic rings. The largest absolute Gasteiger partial charge is 1.00 e. The molecule has 134 valence electrons. The van der Waals surface area contributed by atoms with Crippen LogP contribution in [0.2, 0.25) is 0 Å². The van der Waals surface area contributed by atoms with Crippen LogP contribution >= 0.6 is 0 Å². The smallest absolute Gasteiger partial charge is 0.500 e. The molecule has 12 heteroatoms. The van der Waals surface area contributed by atoms with Gasteiger partial charge < -0.3 is 23.0 Å². The fourth-order valence-electron chi connectivity index (χ4n) is 1.99. The maximum Gasteiger partial charge on any atom is 1.00 e.